The Morgan fingerprint density at radius 2 is 1.89 bits per heavy atom. The van der Waals surface area contributed by atoms with E-state index in [-0.39, 0.29) is 24.0 Å². The molecule has 0 bridgehead atoms. The van der Waals surface area contributed by atoms with Gasteiger partial charge in [-0.1, -0.05) is 6.07 Å². The number of methoxy groups -OCH3 is 1. The normalized spacial score (nSPS) is 13.2. The molecule has 3 rings (SSSR count). The van der Waals surface area contributed by atoms with Gasteiger partial charge in [0, 0.05) is 24.7 Å². The van der Waals surface area contributed by atoms with Crippen molar-refractivity contribution in [2.45, 2.75) is 26.8 Å². The fourth-order valence-electron chi connectivity index (χ4n) is 2.89. The summed E-state index contributed by atoms with van der Waals surface area (Å²) in [6, 6.07) is 12.0. The van der Waals surface area contributed by atoms with Crippen LogP contribution in [0.2, 0.25) is 0 Å². The number of nitrogens with zero attached hydrogens (tertiary/aromatic N) is 1. The third-order valence-electron chi connectivity index (χ3n) is 4.12. The molecule has 0 saturated heterocycles. The maximum Gasteiger partial charge on any atom is 0.196 e. The lowest BCUT2D eigenvalue weighted by Gasteiger charge is -2.14. The molecule has 2 N–H and O–H groups in total. The largest absolute Gasteiger partial charge is 0.497 e. The average Bonchev–Trinajstić information content (AvgIpc) is 2.91. The van der Waals surface area contributed by atoms with E-state index in [1.165, 1.54) is 0 Å². The predicted molar refractivity (Wildman–Crippen MR) is 124 cm³/mol. The van der Waals surface area contributed by atoms with Gasteiger partial charge in [-0.05, 0) is 49.2 Å². The van der Waals surface area contributed by atoms with Crippen LogP contribution in [0.25, 0.3) is 0 Å². The van der Waals surface area contributed by atoms with Crippen molar-refractivity contribution in [1.82, 2.24) is 5.32 Å². The van der Waals surface area contributed by atoms with Crippen LogP contribution in [0.3, 0.4) is 0 Å². The average molecular weight is 497 g/mol. The molecule has 0 radical (unpaired) electrons. The number of aliphatic imine (C=N–C) groups is 1. The number of fused-ring (bicyclic) bond motifs is 1. The number of halogens is 1. The molecule has 0 unspecified atom stereocenters. The lowest BCUT2D eigenvalue weighted by molar-refractivity contribution is 0.297. The van der Waals surface area contributed by atoms with E-state index >= 15 is 0 Å². The van der Waals surface area contributed by atoms with Crippen LogP contribution in [0.4, 0.5) is 5.69 Å². The molecule has 6 nitrogen and oxygen atoms in total. The number of rotatable bonds is 5. The second-order valence-corrected chi connectivity index (χ2v) is 6.39. The number of hydrogen-bond donors (Lipinski definition) is 2. The van der Waals surface area contributed by atoms with Crippen molar-refractivity contribution in [2.75, 3.05) is 32.2 Å². The van der Waals surface area contributed by atoms with Crippen molar-refractivity contribution < 1.29 is 14.2 Å². The Morgan fingerprint density at radius 1 is 1.11 bits per heavy atom. The van der Waals surface area contributed by atoms with Crippen LogP contribution in [0.5, 0.6) is 17.2 Å². The van der Waals surface area contributed by atoms with Crippen molar-refractivity contribution >= 4 is 35.6 Å². The lowest BCUT2D eigenvalue weighted by Crippen LogP contribution is -2.30. The lowest BCUT2D eigenvalue weighted by atomic mass is 10.1. The summed E-state index contributed by atoms with van der Waals surface area (Å²) in [4.78, 5) is 4.69. The monoisotopic (exact) mass is 497 g/mol. The first-order valence-electron chi connectivity index (χ1n) is 9.27. The number of benzene rings is 2. The Bertz CT molecular complexity index is 811. The first-order chi connectivity index (χ1) is 13.2. The van der Waals surface area contributed by atoms with E-state index in [9.17, 15) is 0 Å². The highest BCUT2D eigenvalue weighted by molar-refractivity contribution is 14.0. The summed E-state index contributed by atoms with van der Waals surface area (Å²) in [6.45, 7) is 6.77. The van der Waals surface area contributed by atoms with E-state index in [4.69, 9.17) is 19.2 Å². The van der Waals surface area contributed by atoms with Gasteiger partial charge < -0.3 is 24.8 Å². The minimum absolute atomic E-state index is 0. The Hall–Kier alpha value is -2.16. The Kier molecular flexibility index (Phi) is 8.69. The molecule has 7 heteroatoms. The molecular weight excluding hydrogens is 469 g/mol. The Balaban J connectivity index is 0.00000280. The molecular formula is C21H28IN3O3. The quantitative estimate of drug-likeness (QED) is 0.365. The van der Waals surface area contributed by atoms with Crippen LogP contribution >= 0.6 is 24.0 Å². The zero-order chi connectivity index (χ0) is 19.1. The van der Waals surface area contributed by atoms with Crippen LogP contribution in [-0.2, 0) is 6.54 Å². The van der Waals surface area contributed by atoms with Crippen LogP contribution < -0.4 is 24.8 Å². The van der Waals surface area contributed by atoms with Crippen molar-refractivity contribution in [1.29, 1.82) is 0 Å². The molecule has 0 spiro atoms. The molecule has 1 heterocycles. The fourth-order valence-corrected chi connectivity index (χ4v) is 2.89. The molecule has 0 aliphatic carbocycles. The molecule has 1 aliphatic rings. The molecule has 0 aromatic heterocycles. The topological polar surface area (TPSA) is 64.1 Å². The number of anilines is 1. The van der Waals surface area contributed by atoms with Gasteiger partial charge in [-0.15, -0.1) is 24.0 Å². The third-order valence-corrected chi connectivity index (χ3v) is 4.12. The van der Waals surface area contributed by atoms with E-state index in [0.29, 0.717) is 25.7 Å². The summed E-state index contributed by atoms with van der Waals surface area (Å²) in [7, 11) is 1.68. The minimum atomic E-state index is 0. The van der Waals surface area contributed by atoms with Gasteiger partial charge >= 0.3 is 0 Å². The number of hydrogen-bond acceptors (Lipinski definition) is 4. The van der Waals surface area contributed by atoms with Crippen LogP contribution in [0, 0.1) is 6.92 Å². The first-order valence-corrected chi connectivity index (χ1v) is 9.27. The molecule has 1 aliphatic heterocycles. The highest BCUT2D eigenvalue weighted by atomic mass is 127. The smallest absolute Gasteiger partial charge is 0.196 e. The molecule has 152 valence electrons. The first kappa shape index (κ1) is 22.1. The van der Waals surface area contributed by atoms with E-state index in [1.54, 1.807) is 7.11 Å². The molecule has 0 atom stereocenters. The fraction of sp³-hybridized carbons (Fsp3) is 0.381. The summed E-state index contributed by atoms with van der Waals surface area (Å²) < 4.78 is 16.8. The SMILES string of the molecule is CCNC(=NCc1cc(C)cc(OC)c1)Nc1ccc2c(c1)OCCCO2.I. The van der Waals surface area contributed by atoms with Crippen molar-refractivity contribution in [2.24, 2.45) is 4.99 Å². The second kappa shape index (κ2) is 11.0. The van der Waals surface area contributed by atoms with Gasteiger partial charge in [0.1, 0.15) is 5.75 Å². The number of guanidine groups is 1. The zero-order valence-corrected chi connectivity index (χ0v) is 18.9. The molecule has 0 fully saturated rings. The molecule has 2 aromatic rings. The zero-order valence-electron chi connectivity index (χ0n) is 16.6. The van der Waals surface area contributed by atoms with Gasteiger partial charge in [0.05, 0.1) is 26.9 Å². The highest BCUT2D eigenvalue weighted by Crippen LogP contribution is 2.32. The van der Waals surface area contributed by atoms with Gasteiger partial charge in [0.15, 0.2) is 17.5 Å². The van der Waals surface area contributed by atoms with Crippen LogP contribution in [0.15, 0.2) is 41.4 Å². The maximum atomic E-state index is 5.76. The van der Waals surface area contributed by atoms with Crippen LogP contribution in [-0.4, -0.2) is 32.8 Å². The van der Waals surface area contributed by atoms with Crippen LogP contribution in [0.1, 0.15) is 24.5 Å². The van der Waals surface area contributed by atoms with Gasteiger partial charge in [-0.3, -0.25) is 0 Å². The number of aryl methyl sites for hydroxylation is 1. The Labute approximate surface area is 183 Å². The van der Waals surface area contributed by atoms with E-state index in [0.717, 1.165) is 47.0 Å². The highest BCUT2D eigenvalue weighted by Gasteiger charge is 2.11. The summed E-state index contributed by atoms with van der Waals surface area (Å²) in [5.41, 5.74) is 3.16. The molecule has 0 amide bonds. The van der Waals surface area contributed by atoms with Crippen molar-refractivity contribution in [3.63, 3.8) is 0 Å². The summed E-state index contributed by atoms with van der Waals surface area (Å²) in [6.07, 6.45) is 0.890. The van der Waals surface area contributed by atoms with Gasteiger partial charge in [0.25, 0.3) is 0 Å². The third kappa shape index (κ3) is 6.19. The molecule has 0 saturated carbocycles. The maximum absolute atomic E-state index is 5.76. The Morgan fingerprint density at radius 3 is 2.64 bits per heavy atom. The number of nitrogens with one attached hydrogen (secondary N) is 2. The molecule has 28 heavy (non-hydrogen) atoms. The number of ether oxygens (including phenoxy) is 3. The molecule has 2 aromatic carbocycles. The van der Waals surface area contributed by atoms with E-state index < -0.39 is 0 Å². The van der Waals surface area contributed by atoms with Gasteiger partial charge in [-0.25, -0.2) is 4.99 Å². The van der Waals surface area contributed by atoms with Gasteiger partial charge in [-0.2, -0.15) is 0 Å². The van der Waals surface area contributed by atoms with E-state index in [2.05, 4.69) is 23.6 Å². The summed E-state index contributed by atoms with van der Waals surface area (Å²) in [5.74, 6) is 3.11. The summed E-state index contributed by atoms with van der Waals surface area (Å²) in [5, 5.41) is 6.61. The summed E-state index contributed by atoms with van der Waals surface area (Å²) >= 11 is 0. The van der Waals surface area contributed by atoms with Crippen molar-refractivity contribution in [3.8, 4) is 17.2 Å². The standard InChI is InChI=1S/C21H27N3O3.HI/c1-4-22-21(23-14-16-10-15(2)11-18(12-16)25-3)24-17-6-7-19-20(13-17)27-9-5-8-26-19;/h6-7,10-13H,4-5,8-9,14H2,1-3H3,(H2,22,23,24);1H. The van der Waals surface area contributed by atoms with Gasteiger partial charge in [0.2, 0.25) is 0 Å². The van der Waals surface area contributed by atoms with E-state index in [1.807, 2.05) is 37.3 Å². The minimum Gasteiger partial charge on any atom is -0.497 e. The van der Waals surface area contributed by atoms with Crippen molar-refractivity contribution in [3.05, 3.63) is 47.5 Å². The second-order valence-electron chi connectivity index (χ2n) is 6.39. The predicted octanol–water partition coefficient (Wildman–Crippen LogP) is 4.36.